The molecule has 1 amide bonds. The summed E-state index contributed by atoms with van der Waals surface area (Å²) in [6.07, 6.45) is -4.66. The molecular formula is C19H19ClF3N3O3S. The molecule has 0 saturated carbocycles. The van der Waals surface area contributed by atoms with Crippen LogP contribution in [0.2, 0.25) is 5.02 Å². The second-order valence-corrected chi connectivity index (χ2v) is 8.90. The standard InChI is InChI=1S/C19H19ClF3N3O3S/c20-15-4-2-5-16(12-15)25-7-9-26(10-8-25)18(27)13-24-30(28,29)17-6-1-3-14(11-17)19(21,22)23/h1-6,11-12,24H,7-10,13H2. The van der Waals surface area contributed by atoms with E-state index in [4.69, 9.17) is 11.6 Å². The van der Waals surface area contributed by atoms with Crippen molar-refractivity contribution >= 4 is 33.2 Å². The molecule has 30 heavy (non-hydrogen) atoms. The topological polar surface area (TPSA) is 69.7 Å². The zero-order valence-electron chi connectivity index (χ0n) is 15.7. The molecule has 2 aromatic carbocycles. The van der Waals surface area contributed by atoms with Crippen LogP contribution in [-0.4, -0.2) is 51.9 Å². The van der Waals surface area contributed by atoms with Crippen molar-refractivity contribution in [2.75, 3.05) is 37.6 Å². The monoisotopic (exact) mass is 461 g/mol. The third-order valence-electron chi connectivity index (χ3n) is 4.69. The third-order valence-corrected chi connectivity index (χ3v) is 6.32. The minimum Gasteiger partial charge on any atom is -0.368 e. The number of rotatable bonds is 5. The van der Waals surface area contributed by atoms with Gasteiger partial charge in [0.05, 0.1) is 17.0 Å². The van der Waals surface area contributed by atoms with Crippen LogP contribution in [0.15, 0.2) is 53.4 Å². The number of piperazine rings is 1. The van der Waals surface area contributed by atoms with E-state index in [1.807, 2.05) is 18.2 Å². The van der Waals surface area contributed by atoms with E-state index in [1.165, 1.54) is 4.90 Å². The maximum Gasteiger partial charge on any atom is 0.416 e. The second-order valence-electron chi connectivity index (χ2n) is 6.70. The van der Waals surface area contributed by atoms with Crippen LogP contribution in [-0.2, 0) is 21.0 Å². The van der Waals surface area contributed by atoms with Crippen molar-refractivity contribution in [1.82, 2.24) is 9.62 Å². The Morgan fingerprint density at radius 2 is 1.70 bits per heavy atom. The van der Waals surface area contributed by atoms with Gasteiger partial charge in [-0.2, -0.15) is 13.2 Å². The predicted octanol–water partition coefficient (Wildman–Crippen LogP) is 2.99. The van der Waals surface area contributed by atoms with Gasteiger partial charge >= 0.3 is 6.18 Å². The lowest BCUT2D eigenvalue weighted by atomic mass is 10.2. The first-order valence-corrected chi connectivity index (χ1v) is 10.9. The van der Waals surface area contributed by atoms with Gasteiger partial charge in [0.25, 0.3) is 0 Å². The largest absolute Gasteiger partial charge is 0.416 e. The summed E-state index contributed by atoms with van der Waals surface area (Å²) in [5.74, 6) is -0.448. The lowest BCUT2D eigenvalue weighted by Crippen LogP contribution is -2.51. The minimum absolute atomic E-state index is 0.386. The van der Waals surface area contributed by atoms with Crippen molar-refractivity contribution in [2.24, 2.45) is 0 Å². The summed E-state index contributed by atoms with van der Waals surface area (Å²) in [4.78, 5) is 15.4. The molecule has 0 aromatic heterocycles. The van der Waals surface area contributed by atoms with E-state index < -0.39 is 39.1 Å². The molecule has 1 aliphatic rings. The number of nitrogens with zero attached hydrogens (tertiary/aromatic N) is 2. The first-order chi connectivity index (χ1) is 14.1. The van der Waals surface area contributed by atoms with Crippen LogP contribution in [0, 0.1) is 0 Å². The fourth-order valence-corrected chi connectivity index (χ4v) is 4.28. The molecule has 2 aromatic rings. The summed E-state index contributed by atoms with van der Waals surface area (Å²) in [6.45, 7) is 1.34. The number of sulfonamides is 1. The molecular weight excluding hydrogens is 443 g/mol. The first-order valence-electron chi connectivity index (χ1n) is 9.01. The summed E-state index contributed by atoms with van der Waals surface area (Å²) < 4.78 is 65.1. The van der Waals surface area contributed by atoms with Crippen molar-refractivity contribution in [3.8, 4) is 0 Å². The van der Waals surface area contributed by atoms with E-state index in [-0.39, 0.29) is 0 Å². The van der Waals surface area contributed by atoms with Crippen LogP contribution in [0.1, 0.15) is 5.56 Å². The van der Waals surface area contributed by atoms with Crippen molar-refractivity contribution in [2.45, 2.75) is 11.1 Å². The Kier molecular flexibility index (Phi) is 6.59. The molecule has 1 heterocycles. The van der Waals surface area contributed by atoms with Gasteiger partial charge < -0.3 is 9.80 Å². The van der Waals surface area contributed by atoms with Gasteiger partial charge in [-0.15, -0.1) is 0 Å². The molecule has 1 N–H and O–H groups in total. The number of carbonyl (C=O) groups excluding carboxylic acids is 1. The van der Waals surface area contributed by atoms with Crippen LogP contribution in [0.3, 0.4) is 0 Å². The molecule has 0 spiro atoms. The highest BCUT2D eigenvalue weighted by molar-refractivity contribution is 7.89. The van der Waals surface area contributed by atoms with Gasteiger partial charge in [-0.3, -0.25) is 4.79 Å². The van der Waals surface area contributed by atoms with E-state index in [1.54, 1.807) is 6.07 Å². The summed E-state index contributed by atoms with van der Waals surface area (Å²) in [5.41, 5.74) is -0.145. The Labute approximate surface area is 177 Å². The minimum atomic E-state index is -4.66. The number of carbonyl (C=O) groups is 1. The average molecular weight is 462 g/mol. The van der Waals surface area contributed by atoms with Crippen LogP contribution >= 0.6 is 11.6 Å². The Morgan fingerprint density at radius 3 is 2.33 bits per heavy atom. The molecule has 3 rings (SSSR count). The lowest BCUT2D eigenvalue weighted by molar-refractivity contribution is -0.137. The highest BCUT2D eigenvalue weighted by Gasteiger charge is 2.32. The number of amides is 1. The SMILES string of the molecule is O=C(CNS(=O)(=O)c1cccc(C(F)(F)F)c1)N1CCN(c2cccc(Cl)c2)CC1. The van der Waals surface area contributed by atoms with Crippen molar-refractivity contribution < 1.29 is 26.4 Å². The van der Waals surface area contributed by atoms with Gasteiger partial charge in [0.1, 0.15) is 0 Å². The molecule has 0 aliphatic carbocycles. The summed E-state index contributed by atoms with van der Waals surface area (Å²) in [6, 6.07) is 10.7. The molecule has 11 heteroatoms. The fourth-order valence-electron chi connectivity index (χ4n) is 3.08. The zero-order valence-corrected chi connectivity index (χ0v) is 17.3. The Morgan fingerprint density at radius 1 is 1.03 bits per heavy atom. The van der Waals surface area contributed by atoms with Gasteiger partial charge in [-0.05, 0) is 36.4 Å². The van der Waals surface area contributed by atoms with Crippen LogP contribution in [0.4, 0.5) is 18.9 Å². The third kappa shape index (κ3) is 5.44. The normalized spacial score (nSPS) is 15.3. The van der Waals surface area contributed by atoms with Gasteiger partial charge in [-0.25, -0.2) is 13.1 Å². The van der Waals surface area contributed by atoms with Crippen LogP contribution in [0.25, 0.3) is 0 Å². The number of alkyl halides is 3. The number of hydrogen-bond acceptors (Lipinski definition) is 4. The molecule has 0 radical (unpaired) electrons. The molecule has 0 bridgehead atoms. The van der Waals surface area contributed by atoms with Crippen molar-refractivity contribution in [3.63, 3.8) is 0 Å². The molecule has 1 aliphatic heterocycles. The first kappa shape index (κ1) is 22.4. The Bertz CT molecular complexity index is 1020. The maximum absolute atomic E-state index is 12.8. The van der Waals surface area contributed by atoms with E-state index in [0.717, 1.165) is 23.9 Å². The van der Waals surface area contributed by atoms with Gasteiger partial charge in [-0.1, -0.05) is 23.7 Å². The highest BCUT2D eigenvalue weighted by atomic mass is 35.5. The number of hydrogen-bond donors (Lipinski definition) is 1. The van der Waals surface area contributed by atoms with E-state index in [9.17, 15) is 26.4 Å². The zero-order chi connectivity index (χ0) is 21.9. The predicted molar refractivity (Wildman–Crippen MR) is 107 cm³/mol. The van der Waals surface area contributed by atoms with Crippen LogP contribution < -0.4 is 9.62 Å². The molecule has 162 valence electrons. The molecule has 0 unspecified atom stereocenters. The molecule has 1 fully saturated rings. The number of halogens is 4. The molecule has 6 nitrogen and oxygen atoms in total. The Hall–Kier alpha value is -2.30. The fraction of sp³-hybridized carbons (Fsp3) is 0.316. The second kappa shape index (κ2) is 8.83. The summed E-state index contributed by atoms with van der Waals surface area (Å²) >= 11 is 5.99. The number of anilines is 1. The average Bonchev–Trinajstić information content (AvgIpc) is 2.72. The van der Waals surface area contributed by atoms with Gasteiger partial charge in [0.2, 0.25) is 15.9 Å². The Balaban J connectivity index is 1.57. The van der Waals surface area contributed by atoms with Crippen LogP contribution in [0.5, 0.6) is 0 Å². The molecule has 1 saturated heterocycles. The number of benzene rings is 2. The number of nitrogens with one attached hydrogen (secondary N) is 1. The van der Waals surface area contributed by atoms with E-state index in [2.05, 4.69) is 9.62 Å². The van der Waals surface area contributed by atoms with Gasteiger partial charge in [0, 0.05) is 36.9 Å². The lowest BCUT2D eigenvalue weighted by Gasteiger charge is -2.36. The maximum atomic E-state index is 12.8. The summed E-state index contributed by atoms with van der Waals surface area (Å²) in [5, 5.41) is 0.606. The quantitative estimate of drug-likeness (QED) is 0.743. The van der Waals surface area contributed by atoms with Gasteiger partial charge in [0.15, 0.2) is 0 Å². The smallest absolute Gasteiger partial charge is 0.368 e. The van der Waals surface area contributed by atoms with Crippen molar-refractivity contribution in [3.05, 3.63) is 59.1 Å². The van der Waals surface area contributed by atoms with E-state index >= 15 is 0 Å². The summed E-state index contributed by atoms with van der Waals surface area (Å²) in [7, 11) is -4.26. The van der Waals surface area contributed by atoms with Crippen molar-refractivity contribution in [1.29, 1.82) is 0 Å². The highest BCUT2D eigenvalue weighted by Crippen LogP contribution is 2.30. The molecule has 0 atom stereocenters. The van der Waals surface area contributed by atoms with E-state index in [0.29, 0.717) is 37.3 Å².